The Morgan fingerprint density at radius 2 is 2.12 bits per heavy atom. The van der Waals surface area contributed by atoms with Gasteiger partial charge in [0.1, 0.15) is 0 Å². The van der Waals surface area contributed by atoms with Crippen molar-refractivity contribution in [2.45, 2.75) is 18.8 Å². The minimum atomic E-state index is -4.77. The lowest BCUT2D eigenvalue weighted by molar-refractivity contribution is -0.275. The van der Waals surface area contributed by atoms with Gasteiger partial charge in [0.25, 0.3) is 0 Å². The molecular weight excluding hydrogens is 361 g/mol. The topological polar surface area (TPSA) is 42.4 Å². The summed E-state index contributed by atoms with van der Waals surface area (Å²) in [5.41, 5.74) is 0.584. The molecule has 0 aliphatic carbocycles. The van der Waals surface area contributed by atoms with Crippen molar-refractivity contribution in [3.05, 3.63) is 21.0 Å². The highest BCUT2D eigenvalue weighted by atomic mass is 127. The molecule has 0 amide bonds. The fourth-order valence-corrected chi connectivity index (χ4v) is 2.28. The van der Waals surface area contributed by atoms with Crippen LogP contribution in [0.15, 0.2) is 6.20 Å². The van der Waals surface area contributed by atoms with Crippen LogP contribution < -0.4 is 4.74 Å². The van der Waals surface area contributed by atoms with Crippen molar-refractivity contribution in [3.63, 3.8) is 0 Å². The molecule has 1 aromatic rings. The fraction of sp³-hybridized carbons (Fsp3) is 0.375. The second-order valence-electron chi connectivity index (χ2n) is 2.70. The third-order valence-electron chi connectivity index (χ3n) is 1.68. The number of hydrogen-bond acceptors (Lipinski definition) is 3. The van der Waals surface area contributed by atoms with Gasteiger partial charge in [0, 0.05) is 5.56 Å². The number of nitrogens with zero attached hydrogens (tertiary/aromatic N) is 1. The van der Waals surface area contributed by atoms with Crippen LogP contribution in [0.5, 0.6) is 5.75 Å². The summed E-state index contributed by atoms with van der Waals surface area (Å²) in [7, 11) is 0. The van der Waals surface area contributed by atoms with Gasteiger partial charge in [-0.05, 0) is 22.6 Å². The van der Waals surface area contributed by atoms with Crippen LogP contribution in [0.3, 0.4) is 0 Å². The van der Waals surface area contributed by atoms with Gasteiger partial charge in [-0.25, -0.2) is 0 Å². The van der Waals surface area contributed by atoms with E-state index in [0.717, 1.165) is 6.20 Å². The molecule has 0 unspecified atom stereocenters. The lowest BCUT2D eigenvalue weighted by Gasteiger charge is -2.13. The molecule has 1 N–H and O–H groups in total. The number of alkyl halides is 4. The van der Waals surface area contributed by atoms with E-state index in [1.165, 1.54) is 0 Å². The van der Waals surface area contributed by atoms with Gasteiger partial charge >= 0.3 is 6.36 Å². The highest BCUT2D eigenvalue weighted by Crippen LogP contribution is 2.31. The molecule has 0 aliphatic heterocycles. The van der Waals surface area contributed by atoms with Crippen LogP contribution >= 0.6 is 34.2 Å². The van der Waals surface area contributed by atoms with Gasteiger partial charge in [0.15, 0.2) is 5.75 Å². The molecule has 90 valence electrons. The number of aliphatic hydroxyl groups is 1. The van der Waals surface area contributed by atoms with Crippen molar-refractivity contribution < 1.29 is 23.0 Å². The first kappa shape index (κ1) is 13.8. The van der Waals surface area contributed by atoms with Crippen molar-refractivity contribution >= 4 is 34.2 Å². The van der Waals surface area contributed by atoms with Crippen LogP contribution in [0.25, 0.3) is 0 Å². The number of ether oxygens (including phenoxy) is 1. The Bertz CT molecular complexity index is 386. The number of aromatic nitrogens is 1. The summed E-state index contributed by atoms with van der Waals surface area (Å²) in [6.45, 7) is -0.385. The maximum atomic E-state index is 12.0. The smallest absolute Gasteiger partial charge is 0.403 e. The largest absolute Gasteiger partial charge is 0.573 e. The Morgan fingerprint density at radius 1 is 1.50 bits per heavy atom. The number of hydrogen-bond donors (Lipinski definition) is 1. The monoisotopic (exact) mass is 367 g/mol. The first-order valence-corrected chi connectivity index (χ1v) is 5.59. The SMILES string of the molecule is OCc1ncc(OC(F)(F)F)c(I)c1CCl. The summed E-state index contributed by atoms with van der Waals surface area (Å²) in [6.07, 6.45) is -3.86. The zero-order chi connectivity index (χ0) is 12.3. The third-order valence-corrected chi connectivity index (χ3v) is 3.13. The van der Waals surface area contributed by atoms with Crippen LogP contribution in [0, 0.1) is 3.57 Å². The summed E-state index contributed by atoms with van der Waals surface area (Å²) in [5, 5.41) is 8.91. The molecule has 0 aliphatic rings. The van der Waals surface area contributed by atoms with Gasteiger partial charge in [-0.3, -0.25) is 4.98 Å². The summed E-state index contributed by atoms with van der Waals surface area (Å²) < 4.78 is 40.0. The van der Waals surface area contributed by atoms with Gasteiger partial charge in [-0.2, -0.15) is 0 Å². The van der Waals surface area contributed by atoms with E-state index >= 15 is 0 Å². The van der Waals surface area contributed by atoms with E-state index in [-0.39, 0.29) is 21.8 Å². The summed E-state index contributed by atoms with van der Waals surface area (Å²) in [4.78, 5) is 3.65. The van der Waals surface area contributed by atoms with Crippen molar-refractivity contribution in [2.75, 3.05) is 0 Å². The zero-order valence-corrected chi connectivity index (χ0v) is 10.6. The molecule has 0 radical (unpaired) electrons. The molecule has 3 nitrogen and oxygen atoms in total. The molecule has 1 heterocycles. The molecule has 1 rings (SSSR count). The predicted octanol–water partition coefficient (Wildman–Crippen LogP) is 2.82. The van der Waals surface area contributed by atoms with Gasteiger partial charge < -0.3 is 9.84 Å². The number of aliphatic hydroxyl groups excluding tert-OH is 1. The second-order valence-corrected chi connectivity index (χ2v) is 4.05. The minimum Gasteiger partial charge on any atom is -0.403 e. The summed E-state index contributed by atoms with van der Waals surface area (Å²) >= 11 is 7.24. The predicted molar refractivity (Wildman–Crippen MR) is 59.1 cm³/mol. The lowest BCUT2D eigenvalue weighted by atomic mass is 10.2. The van der Waals surface area contributed by atoms with Crippen LogP contribution in [0.2, 0.25) is 0 Å². The number of rotatable bonds is 3. The van der Waals surface area contributed by atoms with E-state index in [9.17, 15) is 13.2 Å². The first-order chi connectivity index (χ1) is 7.39. The third kappa shape index (κ3) is 3.36. The zero-order valence-electron chi connectivity index (χ0n) is 7.68. The molecule has 1 aromatic heterocycles. The van der Waals surface area contributed by atoms with Crippen molar-refractivity contribution in [3.8, 4) is 5.75 Å². The Balaban J connectivity index is 3.14. The van der Waals surface area contributed by atoms with Gasteiger partial charge in [0.2, 0.25) is 0 Å². The molecule has 0 bridgehead atoms. The first-order valence-electron chi connectivity index (χ1n) is 3.98. The van der Waals surface area contributed by atoms with Crippen LogP contribution in [0.4, 0.5) is 13.2 Å². The molecule has 0 saturated heterocycles. The Morgan fingerprint density at radius 3 is 2.56 bits per heavy atom. The molecule has 0 spiro atoms. The van der Waals surface area contributed by atoms with E-state index in [1.54, 1.807) is 22.6 Å². The summed E-state index contributed by atoms with van der Waals surface area (Å²) in [6, 6.07) is 0. The molecular formula is C8H6ClF3INO2. The average molecular weight is 367 g/mol. The quantitative estimate of drug-likeness (QED) is 0.660. The van der Waals surface area contributed by atoms with Gasteiger partial charge in [-0.15, -0.1) is 24.8 Å². The van der Waals surface area contributed by atoms with Crippen molar-refractivity contribution in [1.29, 1.82) is 0 Å². The Labute approximate surface area is 108 Å². The van der Waals surface area contributed by atoms with E-state index in [2.05, 4.69) is 9.72 Å². The van der Waals surface area contributed by atoms with Gasteiger partial charge in [0.05, 0.1) is 27.9 Å². The minimum absolute atomic E-state index is 0.0454. The highest BCUT2D eigenvalue weighted by Gasteiger charge is 2.32. The van der Waals surface area contributed by atoms with Crippen LogP contribution in [-0.4, -0.2) is 16.5 Å². The Kier molecular flexibility index (Phi) is 4.62. The van der Waals surface area contributed by atoms with Crippen LogP contribution in [-0.2, 0) is 12.5 Å². The normalized spacial score (nSPS) is 11.6. The lowest BCUT2D eigenvalue weighted by Crippen LogP contribution is -2.18. The van der Waals surface area contributed by atoms with Crippen LogP contribution in [0.1, 0.15) is 11.3 Å². The maximum absolute atomic E-state index is 12.0. The average Bonchev–Trinajstić information content (AvgIpc) is 2.19. The van der Waals surface area contributed by atoms with E-state index < -0.39 is 12.1 Å². The molecule has 8 heteroatoms. The summed E-state index contributed by atoms with van der Waals surface area (Å²) in [5.74, 6) is -0.461. The molecule has 0 saturated carbocycles. The van der Waals surface area contributed by atoms with E-state index in [4.69, 9.17) is 16.7 Å². The van der Waals surface area contributed by atoms with E-state index in [1.807, 2.05) is 0 Å². The number of halogens is 5. The standard InChI is InChI=1S/C8H6ClF3INO2/c9-1-4-5(3-15)14-2-6(7(4)13)16-8(10,11)12/h2,15H,1,3H2. The Hall–Kier alpha value is -0.280. The highest BCUT2D eigenvalue weighted by molar-refractivity contribution is 14.1. The van der Waals surface area contributed by atoms with E-state index in [0.29, 0.717) is 5.56 Å². The number of pyridine rings is 1. The molecule has 0 fully saturated rings. The second kappa shape index (κ2) is 5.37. The van der Waals surface area contributed by atoms with Gasteiger partial charge in [-0.1, -0.05) is 0 Å². The molecule has 0 aromatic carbocycles. The van der Waals surface area contributed by atoms with Crippen molar-refractivity contribution in [2.24, 2.45) is 0 Å². The fourth-order valence-electron chi connectivity index (χ4n) is 1.01. The van der Waals surface area contributed by atoms with Crippen molar-refractivity contribution in [1.82, 2.24) is 4.98 Å². The molecule has 16 heavy (non-hydrogen) atoms. The maximum Gasteiger partial charge on any atom is 0.573 e. The molecule has 0 atom stereocenters.